The van der Waals surface area contributed by atoms with Crippen LogP contribution in [0.1, 0.15) is 18.2 Å². The van der Waals surface area contributed by atoms with Gasteiger partial charge in [0.25, 0.3) is 0 Å². The van der Waals surface area contributed by atoms with E-state index >= 15 is 0 Å². The highest BCUT2D eigenvalue weighted by Crippen LogP contribution is 2.28. The van der Waals surface area contributed by atoms with Crippen molar-refractivity contribution in [1.82, 2.24) is 9.80 Å². The predicted molar refractivity (Wildman–Crippen MR) is 77.9 cm³/mol. The summed E-state index contributed by atoms with van der Waals surface area (Å²) in [6, 6.07) is 3.35. The van der Waals surface area contributed by atoms with Gasteiger partial charge in [-0.25, -0.2) is 0 Å². The van der Waals surface area contributed by atoms with Gasteiger partial charge < -0.3 is 5.11 Å². The number of thiophene rings is 1. The normalized spacial score (nSPS) is 33.8. The molecule has 0 unspecified atom stereocenters. The lowest BCUT2D eigenvalue weighted by molar-refractivity contribution is 0.0535. The maximum atomic E-state index is 9.76. The lowest BCUT2D eigenvalue weighted by atomic mass is 10.1. The Hall–Kier alpha value is 0.0600. The molecule has 2 saturated heterocycles. The Morgan fingerprint density at radius 3 is 3.00 bits per heavy atom. The highest BCUT2D eigenvalue weighted by Gasteiger charge is 2.37. The molecule has 3 rings (SSSR count). The third-order valence-corrected chi connectivity index (χ3v) is 5.74. The van der Waals surface area contributed by atoms with E-state index < -0.39 is 0 Å². The zero-order valence-corrected chi connectivity index (χ0v) is 13.0. The standard InChI is InChI=1S/C13H19BrN2OS/c1-9-4-16-6-12(17)3-11(16)5-15(9)7-13-2-10(14)8-18-13/h2,8-9,11-12,17H,3-7H2,1H3/t9-,11-,12-/m1/s1. The van der Waals surface area contributed by atoms with Crippen molar-refractivity contribution in [3.63, 3.8) is 0 Å². The fourth-order valence-electron chi connectivity index (χ4n) is 3.13. The molecule has 18 heavy (non-hydrogen) atoms. The molecule has 0 spiro atoms. The summed E-state index contributed by atoms with van der Waals surface area (Å²) in [5, 5.41) is 11.9. The summed E-state index contributed by atoms with van der Waals surface area (Å²) in [5.74, 6) is 0. The van der Waals surface area contributed by atoms with Crippen molar-refractivity contribution in [3.05, 3.63) is 20.8 Å². The number of rotatable bonds is 2. The Kier molecular flexibility index (Phi) is 3.78. The highest BCUT2D eigenvalue weighted by atomic mass is 79.9. The van der Waals surface area contributed by atoms with Crippen molar-refractivity contribution in [2.24, 2.45) is 0 Å². The summed E-state index contributed by atoms with van der Waals surface area (Å²) in [5.41, 5.74) is 0. The molecule has 0 aliphatic carbocycles. The number of fused-ring (bicyclic) bond motifs is 1. The largest absolute Gasteiger partial charge is 0.392 e. The number of hydrogen-bond donors (Lipinski definition) is 1. The summed E-state index contributed by atoms with van der Waals surface area (Å²) in [6.07, 6.45) is 0.829. The van der Waals surface area contributed by atoms with Gasteiger partial charge in [0.1, 0.15) is 0 Å². The minimum absolute atomic E-state index is 0.113. The molecule has 2 fully saturated rings. The van der Waals surface area contributed by atoms with Crippen LogP contribution in [0.4, 0.5) is 0 Å². The number of aliphatic hydroxyl groups is 1. The molecule has 0 amide bonds. The van der Waals surface area contributed by atoms with Crippen LogP contribution in [0.3, 0.4) is 0 Å². The maximum Gasteiger partial charge on any atom is 0.0682 e. The van der Waals surface area contributed by atoms with Gasteiger partial charge in [-0.2, -0.15) is 0 Å². The first-order valence-electron chi connectivity index (χ1n) is 6.51. The molecule has 1 aromatic heterocycles. The van der Waals surface area contributed by atoms with Crippen molar-refractivity contribution in [3.8, 4) is 0 Å². The van der Waals surface area contributed by atoms with Crippen molar-refractivity contribution in [1.29, 1.82) is 0 Å². The first-order valence-corrected chi connectivity index (χ1v) is 8.18. The Morgan fingerprint density at radius 1 is 1.44 bits per heavy atom. The molecule has 3 nitrogen and oxygen atoms in total. The molecular formula is C13H19BrN2OS. The minimum atomic E-state index is -0.113. The van der Waals surface area contributed by atoms with Crippen molar-refractivity contribution < 1.29 is 5.11 Å². The smallest absolute Gasteiger partial charge is 0.0682 e. The number of nitrogens with zero attached hydrogens (tertiary/aromatic N) is 2. The van der Waals surface area contributed by atoms with E-state index in [1.807, 2.05) is 11.3 Å². The maximum absolute atomic E-state index is 9.76. The van der Waals surface area contributed by atoms with Crippen LogP contribution in [-0.2, 0) is 6.54 Å². The van der Waals surface area contributed by atoms with E-state index in [0.29, 0.717) is 12.1 Å². The van der Waals surface area contributed by atoms with Crippen LogP contribution < -0.4 is 0 Å². The molecule has 0 bridgehead atoms. The topological polar surface area (TPSA) is 26.7 Å². The quantitative estimate of drug-likeness (QED) is 0.900. The van der Waals surface area contributed by atoms with Crippen LogP contribution in [0, 0.1) is 0 Å². The molecule has 100 valence electrons. The minimum Gasteiger partial charge on any atom is -0.392 e. The third kappa shape index (κ3) is 2.65. The van der Waals surface area contributed by atoms with E-state index in [1.165, 1.54) is 9.35 Å². The lowest BCUT2D eigenvalue weighted by Gasteiger charge is -2.42. The zero-order chi connectivity index (χ0) is 12.7. The second kappa shape index (κ2) is 5.21. The second-order valence-corrected chi connectivity index (χ2v) is 7.42. The molecule has 0 aromatic carbocycles. The van der Waals surface area contributed by atoms with E-state index in [4.69, 9.17) is 0 Å². The van der Waals surface area contributed by atoms with Crippen LogP contribution in [0.5, 0.6) is 0 Å². The van der Waals surface area contributed by atoms with Crippen molar-refractivity contribution in [2.75, 3.05) is 19.6 Å². The molecule has 0 radical (unpaired) electrons. The van der Waals surface area contributed by atoms with Gasteiger partial charge in [0.15, 0.2) is 0 Å². The lowest BCUT2D eigenvalue weighted by Crippen LogP contribution is -2.54. The first kappa shape index (κ1) is 13.1. The number of aliphatic hydroxyl groups excluding tert-OH is 1. The van der Waals surface area contributed by atoms with Crippen LogP contribution in [-0.4, -0.2) is 52.7 Å². The van der Waals surface area contributed by atoms with Gasteiger partial charge in [-0.3, -0.25) is 9.80 Å². The van der Waals surface area contributed by atoms with Gasteiger partial charge in [0.2, 0.25) is 0 Å². The van der Waals surface area contributed by atoms with E-state index in [0.717, 1.165) is 32.6 Å². The summed E-state index contributed by atoms with van der Waals surface area (Å²) < 4.78 is 1.19. The van der Waals surface area contributed by atoms with Crippen molar-refractivity contribution in [2.45, 2.75) is 38.1 Å². The first-order chi connectivity index (χ1) is 8.61. The van der Waals surface area contributed by atoms with Crippen LogP contribution >= 0.6 is 27.3 Å². The molecule has 1 aromatic rings. The average Bonchev–Trinajstić information content (AvgIpc) is 2.85. The molecule has 3 heterocycles. The Balaban J connectivity index is 1.66. The third-order valence-electron chi connectivity index (χ3n) is 4.05. The fourth-order valence-corrected chi connectivity index (χ4v) is 4.61. The van der Waals surface area contributed by atoms with E-state index in [2.05, 4.69) is 44.1 Å². The fraction of sp³-hybridized carbons (Fsp3) is 0.692. The van der Waals surface area contributed by atoms with Gasteiger partial charge in [0, 0.05) is 53.0 Å². The summed E-state index contributed by atoms with van der Waals surface area (Å²) in [4.78, 5) is 6.42. The van der Waals surface area contributed by atoms with Gasteiger partial charge in [0.05, 0.1) is 6.10 Å². The predicted octanol–water partition coefficient (Wildman–Crippen LogP) is 2.15. The SMILES string of the molecule is C[C@@H]1CN2C[C@H](O)C[C@@H]2CN1Cc1cc(Br)cs1. The van der Waals surface area contributed by atoms with Crippen LogP contribution in [0.15, 0.2) is 15.9 Å². The second-order valence-electron chi connectivity index (χ2n) is 5.51. The molecule has 2 aliphatic rings. The number of piperazine rings is 1. The van der Waals surface area contributed by atoms with Gasteiger partial charge in [-0.05, 0) is 35.3 Å². The van der Waals surface area contributed by atoms with Crippen molar-refractivity contribution >= 4 is 27.3 Å². The monoisotopic (exact) mass is 330 g/mol. The van der Waals surface area contributed by atoms with Gasteiger partial charge >= 0.3 is 0 Å². The Morgan fingerprint density at radius 2 is 2.28 bits per heavy atom. The molecule has 3 atom stereocenters. The molecule has 2 aliphatic heterocycles. The number of hydrogen-bond acceptors (Lipinski definition) is 4. The van der Waals surface area contributed by atoms with Crippen LogP contribution in [0.25, 0.3) is 0 Å². The zero-order valence-electron chi connectivity index (χ0n) is 10.6. The highest BCUT2D eigenvalue weighted by molar-refractivity contribution is 9.10. The summed E-state index contributed by atoms with van der Waals surface area (Å²) >= 11 is 5.34. The number of halogens is 1. The van der Waals surface area contributed by atoms with Crippen LogP contribution in [0.2, 0.25) is 0 Å². The Labute approximate surface area is 121 Å². The average molecular weight is 331 g/mol. The van der Waals surface area contributed by atoms with Gasteiger partial charge in [-0.1, -0.05) is 0 Å². The molecular weight excluding hydrogens is 312 g/mol. The summed E-state index contributed by atoms with van der Waals surface area (Å²) in [6.45, 7) is 6.39. The van der Waals surface area contributed by atoms with E-state index in [1.54, 1.807) is 0 Å². The Bertz CT molecular complexity index is 425. The summed E-state index contributed by atoms with van der Waals surface area (Å²) in [7, 11) is 0. The van der Waals surface area contributed by atoms with E-state index in [9.17, 15) is 5.11 Å². The van der Waals surface area contributed by atoms with Gasteiger partial charge in [-0.15, -0.1) is 11.3 Å². The van der Waals surface area contributed by atoms with E-state index in [-0.39, 0.29) is 6.10 Å². The molecule has 1 N–H and O–H groups in total. The molecule has 0 saturated carbocycles. The molecule has 5 heteroatoms.